The summed E-state index contributed by atoms with van der Waals surface area (Å²) in [5, 5.41) is 2.75. The van der Waals surface area contributed by atoms with Crippen LogP contribution in [0.3, 0.4) is 0 Å². The van der Waals surface area contributed by atoms with Crippen molar-refractivity contribution < 1.29 is 13.2 Å². The Hall–Kier alpha value is -2.26. The Morgan fingerprint density at radius 1 is 1.14 bits per heavy atom. The minimum Gasteiger partial charge on any atom is -0.467 e. The van der Waals surface area contributed by atoms with Crippen molar-refractivity contribution in [2.24, 2.45) is 0 Å². The quantitative estimate of drug-likeness (QED) is 0.750. The van der Waals surface area contributed by atoms with Crippen LogP contribution in [-0.2, 0) is 10.0 Å². The van der Waals surface area contributed by atoms with Gasteiger partial charge in [0.1, 0.15) is 5.82 Å². The molecule has 21 heavy (non-hydrogen) atoms. The lowest BCUT2D eigenvalue weighted by molar-refractivity contribution is 0.377. The van der Waals surface area contributed by atoms with Crippen LogP contribution in [0, 0.1) is 6.92 Å². The molecule has 0 radical (unpaired) electrons. The number of methoxy groups -OCH3 is 1. The van der Waals surface area contributed by atoms with Gasteiger partial charge in [0.05, 0.1) is 18.7 Å². The van der Waals surface area contributed by atoms with Crippen molar-refractivity contribution in [3.8, 4) is 6.01 Å². The number of ether oxygens (including phenoxy) is 1. The van der Waals surface area contributed by atoms with Gasteiger partial charge in [0, 0.05) is 0 Å². The van der Waals surface area contributed by atoms with Gasteiger partial charge < -0.3 is 10.1 Å². The predicted molar refractivity (Wildman–Crippen MR) is 76.4 cm³/mol. The number of sulfonamides is 1. The molecule has 0 aliphatic rings. The van der Waals surface area contributed by atoms with E-state index < -0.39 is 10.0 Å². The summed E-state index contributed by atoms with van der Waals surface area (Å²) in [5.74, 6) is 0.699. The lowest BCUT2D eigenvalue weighted by Gasteiger charge is -2.09. The van der Waals surface area contributed by atoms with Gasteiger partial charge in [-0.2, -0.15) is 19.7 Å². The Morgan fingerprint density at radius 2 is 1.86 bits per heavy atom. The second-order valence-electron chi connectivity index (χ2n) is 4.01. The van der Waals surface area contributed by atoms with Crippen molar-refractivity contribution in [2.45, 2.75) is 11.8 Å². The summed E-state index contributed by atoms with van der Waals surface area (Å²) in [6.45, 7) is 1.63. The Balaban J connectivity index is 2.00. The first-order valence-corrected chi connectivity index (χ1v) is 7.55. The predicted octanol–water partition coefficient (Wildman–Crippen LogP) is 0.537. The fourth-order valence-electron chi connectivity index (χ4n) is 1.52. The van der Waals surface area contributed by atoms with Gasteiger partial charge in [-0.25, -0.2) is 8.42 Å². The molecule has 0 aliphatic heterocycles. The SMILES string of the molecule is COc1nc(C)nc(NCNS(=O)(=O)c2ccccc2)n1. The maximum Gasteiger partial charge on any atom is 0.321 e. The van der Waals surface area contributed by atoms with Crippen molar-refractivity contribution in [2.75, 3.05) is 19.1 Å². The Labute approximate surface area is 122 Å². The average molecular weight is 309 g/mol. The Morgan fingerprint density at radius 3 is 2.52 bits per heavy atom. The largest absolute Gasteiger partial charge is 0.467 e. The molecule has 2 rings (SSSR count). The molecule has 0 amide bonds. The molecule has 0 aliphatic carbocycles. The number of nitrogens with one attached hydrogen (secondary N) is 2. The van der Waals surface area contributed by atoms with E-state index in [2.05, 4.69) is 25.0 Å². The van der Waals surface area contributed by atoms with Crippen LogP contribution in [0.4, 0.5) is 5.95 Å². The van der Waals surface area contributed by atoms with E-state index >= 15 is 0 Å². The maximum absolute atomic E-state index is 12.0. The topological polar surface area (TPSA) is 106 Å². The smallest absolute Gasteiger partial charge is 0.321 e. The molecule has 2 aromatic rings. The highest BCUT2D eigenvalue weighted by Gasteiger charge is 2.12. The molecule has 9 heteroatoms. The minimum absolute atomic E-state index is 0.0518. The molecule has 0 spiro atoms. The third-order valence-corrected chi connectivity index (χ3v) is 3.89. The van der Waals surface area contributed by atoms with Gasteiger partial charge in [0.15, 0.2) is 0 Å². The van der Waals surface area contributed by atoms with E-state index in [1.807, 2.05) is 0 Å². The summed E-state index contributed by atoms with van der Waals surface area (Å²) in [7, 11) is -2.13. The van der Waals surface area contributed by atoms with Crippen LogP contribution >= 0.6 is 0 Å². The molecule has 0 fully saturated rings. The fraction of sp³-hybridized carbons (Fsp3) is 0.250. The van der Waals surface area contributed by atoms with Crippen LogP contribution in [0.25, 0.3) is 0 Å². The number of hydrogen-bond donors (Lipinski definition) is 2. The highest BCUT2D eigenvalue weighted by atomic mass is 32.2. The van der Waals surface area contributed by atoms with Gasteiger partial charge in [-0.05, 0) is 19.1 Å². The lowest BCUT2D eigenvalue weighted by Crippen LogP contribution is -2.29. The van der Waals surface area contributed by atoms with Crippen molar-refractivity contribution in [1.29, 1.82) is 0 Å². The molecule has 0 atom stereocenters. The molecule has 0 saturated carbocycles. The van der Waals surface area contributed by atoms with Gasteiger partial charge in [-0.3, -0.25) is 0 Å². The molecule has 0 saturated heterocycles. The molecule has 8 nitrogen and oxygen atoms in total. The van der Waals surface area contributed by atoms with Crippen LogP contribution in [-0.4, -0.2) is 37.1 Å². The van der Waals surface area contributed by atoms with E-state index in [-0.39, 0.29) is 23.5 Å². The second kappa shape index (κ2) is 6.46. The fourth-order valence-corrected chi connectivity index (χ4v) is 2.47. The second-order valence-corrected chi connectivity index (χ2v) is 5.77. The zero-order chi connectivity index (χ0) is 15.3. The summed E-state index contributed by atoms with van der Waals surface area (Å²) in [6.07, 6.45) is 0. The molecule has 0 unspecified atom stereocenters. The van der Waals surface area contributed by atoms with Crippen LogP contribution in [0.5, 0.6) is 6.01 Å². The molecular formula is C12H15N5O3S. The number of benzene rings is 1. The van der Waals surface area contributed by atoms with E-state index in [0.29, 0.717) is 5.82 Å². The average Bonchev–Trinajstić information content (AvgIpc) is 2.47. The first-order valence-electron chi connectivity index (χ1n) is 6.06. The van der Waals surface area contributed by atoms with Crippen molar-refractivity contribution in [3.63, 3.8) is 0 Å². The minimum atomic E-state index is -3.57. The van der Waals surface area contributed by atoms with Gasteiger partial charge in [-0.1, -0.05) is 18.2 Å². The maximum atomic E-state index is 12.0. The molecule has 2 N–H and O–H groups in total. The Bertz CT molecular complexity index is 706. The normalized spacial score (nSPS) is 11.1. The number of nitrogens with zero attached hydrogens (tertiary/aromatic N) is 3. The molecule has 1 heterocycles. The molecular weight excluding hydrogens is 294 g/mol. The standard InChI is InChI=1S/C12H15N5O3S/c1-9-15-11(17-12(16-9)20-2)13-8-14-21(18,19)10-6-4-3-5-7-10/h3-7,14H,8H2,1-2H3,(H,13,15,16,17). The van der Waals surface area contributed by atoms with E-state index in [4.69, 9.17) is 4.74 Å². The molecule has 112 valence electrons. The van der Waals surface area contributed by atoms with Gasteiger partial charge >= 0.3 is 6.01 Å². The van der Waals surface area contributed by atoms with Crippen molar-refractivity contribution >= 4 is 16.0 Å². The number of rotatable bonds is 6. The molecule has 1 aromatic heterocycles. The lowest BCUT2D eigenvalue weighted by atomic mass is 10.4. The Kier molecular flexibility index (Phi) is 4.66. The van der Waals surface area contributed by atoms with Gasteiger partial charge in [-0.15, -0.1) is 0 Å². The summed E-state index contributed by atoms with van der Waals surface area (Å²) in [4.78, 5) is 12.1. The molecule has 0 bridgehead atoms. The van der Waals surface area contributed by atoms with E-state index in [0.717, 1.165) is 0 Å². The number of aryl methyl sites for hydroxylation is 1. The van der Waals surface area contributed by atoms with Crippen molar-refractivity contribution in [3.05, 3.63) is 36.2 Å². The van der Waals surface area contributed by atoms with Crippen LogP contribution in [0.1, 0.15) is 5.82 Å². The summed E-state index contributed by atoms with van der Waals surface area (Å²) in [5.41, 5.74) is 0. The zero-order valence-electron chi connectivity index (χ0n) is 11.6. The first kappa shape index (κ1) is 15.1. The monoisotopic (exact) mass is 309 g/mol. The van der Waals surface area contributed by atoms with Crippen molar-refractivity contribution in [1.82, 2.24) is 19.7 Å². The molecule has 1 aromatic carbocycles. The van der Waals surface area contributed by atoms with Crippen LogP contribution in [0.15, 0.2) is 35.2 Å². The highest BCUT2D eigenvalue weighted by molar-refractivity contribution is 7.89. The summed E-state index contributed by atoms with van der Waals surface area (Å²) < 4.78 is 31.3. The van der Waals surface area contributed by atoms with E-state index in [1.54, 1.807) is 25.1 Å². The van der Waals surface area contributed by atoms with E-state index in [9.17, 15) is 8.42 Å². The zero-order valence-corrected chi connectivity index (χ0v) is 12.4. The third-order valence-electron chi connectivity index (χ3n) is 2.47. The van der Waals surface area contributed by atoms with Crippen LogP contribution < -0.4 is 14.8 Å². The highest BCUT2D eigenvalue weighted by Crippen LogP contribution is 2.08. The van der Waals surface area contributed by atoms with Gasteiger partial charge in [0.2, 0.25) is 16.0 Å². The van der Waals surface area contributed by atoms with Gasteiger partial charge in [0.25, 0.3) is 0 Å². The first-order chi connectivity index (χ1) is 10.0. The van der Waals surface area contributed by atoms with Crippen LogP contribution in [0.2, 0.25) is 0 Å². The number of aromatic nitrogens is 3. The summed E-state index contributed by atoms with van der Waals surface area (Å²) in [6, 6.07) is 8.24. The summed E-state index contributed by atoms with van der Waals surface area (Å²) >= 11 is 0. The number of anilines is 1. The van der Waals surface area contributed by atoms with E-state index in [1.165, 1.54) is 19.2 Å². The third kappa shape index (κ3) is 4.10. The number of hydrogen-bond acceptors (Lipinski definition) is 7.